The van der Waals surface area contributed by atoms with Gasteiger partial charge in [0.25, 0.3) is 0 Å². The van der Waals surface area contributed by atoms with Crippen molar-refractivity contribution in [2.45, 2.75) is 25.9 Å². The molecule has 1 saturated carbocycles. The Morgan fingerprint density at radius 2 is 2.10 bits per heavy atom. The summed E-state index contributed by atoms with van der Waals surface area (Å²) in [6, 6.07) is 5.02. The Balaban J connectivity index is 2.29. The molecule has 0 radical (unpaired) electrons. The summed E-state index contributed by atoms with van der Waals surface area (Å²) in [5.41, 5.74) is -2.64. The molecule has 21 heavy (non-hydrogen) atoms. The molecule has 3 nitrogen and oxygen atoms in total. The highest BCUT2D eigenvalue weighted by Crippen LogP contribution is 2.46. The van der Waals surface area contributed by atoms with Gasteiger partial charge in [-0.1, -0.05) is 18.5 Å². The Kier molecular flexibility index (Phi) is 3.89. The van der Waals surface area contributed by atoms with Crippen molar-refractivity contribution in [2.75, 3.05) is 5.32 Å². The minimum absolute atomic E-state index is 0.0763. The fourth-order valence-electron chi connectivity index (χ4n) is 2.56. The van der Waals surface area contributed by atoms with E-state index in [-0.39, 0.29) is 16.6 Å². The van der Waals surface area contributed by atoms with Gasteiger partial charge in [0, 0.05) is 5.02 Å². The summed E-state index contributed by atoms with van der Waals surface area (Å²) in [6.07, 6.45) is -3.94. The van der Waals surface area contributed by atoms with Crippen LogP contribution >= 0.6 is 11.6 Å². The van der Waals surface area contributed by atoms with Crippen molar-refractivity contribution in [2.24, 2.45) is 11.3 Å². The Morgan fingerprint density at radius 3 is 2.57 bits per heavy atom. The van der Waals surface area contributed by atoms with E-state index >= 15 is 0 Å². The zero-order chi connectivity index (χ0) is 15.8. The Hall–Kier alpha value is -1.74. The van der Waals surface area contributed by atoms with Crippen LogP contribution in [0.5, 0.6) is 0 Å². The van der Waals surface area contributed by atoms with Crippen molar-refractivity contribution in [3.8, 4) is 6.07 Å². The van der Waals surface area contributed by atoms with Crippen molar-refractivity contribution in [1.29, 1.82) is 5.26 Å². The standard InChI is InChI=1S/C14H12ClF3N2O/c1-8-5-13(6-8,7-19)12(21)20-11-3-2-9(15)4-10(11)14(16,17)18/h2-4,8H,5-6H2,1H3,(H,20,21). The summed E-state index contributed by atoms with van der Waals surface area (Å²) < 4.78 is 38.8. The SMILES string of the molecule is CC1CC(C#N)(C(=O)Nc2ccc(Cl)cc2C(F)(F)F)C1. The summed E-state index contributed by atoms with van der Waals surface area (Å²) in [7, 11) is 0. The van der Waals surface area contributed by atoms with Crippen LogP contribution in [0.1, 0.15) is 25.3 Å². The van der Waals surface area contributed by atoms with E-state index in [0.717, 1.165) is 12.1 Å². The fourth-order valence-corrected chi connectivity index (χ4v) is 2.73. The molecule has 1 N–H and O–H groups in total. The lowest BCUT2D eigenvalue weighted by molar-refractivity contribution is -0.137. The molecular formula is C14H12ClF3N2O. The summed E-state index contributed by atoms with van der Waals surface area (Å²) in [5, 5.41) is 11.3. The van der Waals surface area contributed by atoms with Crippen LogP contribution < -0.4 is 5.32 Å². The number of nitrogens with zero attached hydrogens (tertiary/aromatic N) is 1. The van der Waals surface area contributed by atoms with E-state index in [1.165, 1.54) is 6.07 Å². The normalized spacial score (nSPS) is 24.9. The lowest BCUT2D eigenvalue weighted by atomic mass is 9.63. The van der Waals surface area contributed by atoms with Crippen LogP contribution in [-0.2, 0) is 11.0 Å². The van der Waals surface area contributed by atoms with Crippen LogP contribution in [0.15, 0.2) is 18.2 Å². The van der Waals surface area contributed by atoms with Gasteiger partial charge in [-0.15, -0.1) is 0 Å². The van der Waals surface area contributed by atoms with E-state index in [4.69, 9.17) is 16.9 Å². The fraction of sp³-hybridized carbons (Fsp3) is 0.429. The molecule has 0 unspecified atom stereocenters. The molecule has 0 saturated heterocycles. The topological polar surface area (TPSA) is 52.9 Å². The van der Waals surface area contributed by atoms with Crippen LogP contribution in [0.3, 0.4) is 0 Å². The van der Waals surface area contributed by atoms with Gasteiger partial charge in [-0.3, -0.25) is 4.79 Å². The number of rotatable bonds is 2. The van der Waals surface area contributed by atoms with Gasteiger partial charge in [0.2, 0.25) is 5.91 Å². The number of benzene rings is 1. The van der Waals surface area contributed by atoms with Crippen molar-refractivity contribution >= 4 is 23.2 Å². The molecule has 7 heteroatoms. The summed E-state index contributed by atoms with van der Waals surface area (Å²) in [6.45, 7) is 1.88. The third kappa shape index (κ3) is 2.98. The average Bonchev–Trinajstić information content (AvgIpc) is 2.35. The minimum atomic E-state index is -4.64. The molecule has 1 aromatic rings. The molecule has 1 aliphatic carbocycles. The molecule has 2 rings (SSSR count). The van der Waals surface area contributed by atoms with Crippen molar-refractivity contribution in [3.05, 3.63) is 28.8 Å². The molecule has 1 aromatic carbocycles. The van der Waals surface area contributed by atoms with Crippen molar-refractivity contribution in [3.63, 3.8) is 0 Å². The molecule has 0 heterocycles. The Morgan fingerprint density at radius 1 is 1.48 bits per heavy atom. The van der Waals surface area contributed by atoms with Gasteiger partial charge in [0.05, 0.1) is 17.3 Å². The van der Waals surface area contributed by atoms with E-state index in [2.05, 4.69) is 5.32 Å². The third-order valence-corrected chi connectivity index (χ3v) is 3.81. The Labute approximate surface area is 124 Å². The maximum Gasteiger partial charge on any atom is 0.418 e. The molecule has 1 fully saturated rings. The number of nitriles is 1. The maximum atomic E-state index is 12.9. The van der Waals surface area contributed by atoms with Gasteiger partial charge in [0.15, 0.2) is 0 Å². The molecule has 0 spiro atoms. The molecule has 0 aromatic heterocycles. The van der Waals surface area contributed by atoms with Crippen LogP contribution in [0.4, 0.5) is 18.9 Å². The molecule has 112 valence electrons. The second-order valence-corrected chi connectivity index (χ2v) is 5.79. The number of carbonyl (C=O) groups excluding carboxylic acids is 1. The highest BCUT2D eigenvalue weighted by Gasteiger charge is 2.49. The number of amides is 1. The molecule has 0 bridgehead atoms. The van der Waals surface area contributed by atoms with Gasteiger partial charge in [-0.25, -0.2) is 0 Å². The first-order valence-corrected chi connectivity index (χ1v) is 6.65. The van der Waals surface area contributed by atoms with E-state index in [0.29, 0.717) is 12.8 Å². The van der Waals surface area contributed by atoms with Crippen molar-refractivity contribution < 1.29 is 18.0 Å². The first-order valence-electron chi connectivity index (χ1n) is 6.27. The summed E-state index contributed by atoms with van der Waals surface area (Å²) >= 11 is 5.57. The first kappa shape index (κ1) is 15.6. The number of carbonyl (C=O) groups is 1. The summed E-state index contributed by atoms with van der Waals surface area (Å²) in [4.78, 5) is 12.1. The number of hydrogen-bond donors (Lipinski definition) is 1. The lowest BCUT2D eigenvalue weighted by Crippen LogP contribution is -2.45. The predicted octanol–water partition coefficient (Wildman–Crippen LogP) is 4.24. The average molecular weight is 317 g/mol. The summed E-state index contributed by atoms with van der Waals surface area (Å²) in [5.74, 6) is -0.487. The van der Waals surface area contributed by atoms with Crippen LogP contribution in [0.25, 0.3) is 0 Å². The van der Waals surface area contributed by atoms with Crippen LogP contribution in [-0.4, -0.2) is 5.91 Å². The Bertz CT molecular complexity index is 616. The smallest absolute Gasteiger partial charge is 0.324 e. The van der Waals surface area contributed by atoms with Gasteiger partial charge in [-0.05, 0) is 37.0 Å². The highest BCUT2D eigenvalue weighted by atomic mass is 35.5. The number of anilines is 1. The van der Waals surface area contributed by atoms with Crippen LogP contribution in [0.2, 0.25) is 5.02 Å². The second-order valence-electron chi connectivity index (χ2n) is 5.35. The largest absolute Gasteiger partial charge is 0.418 e. The van der Waals surface area contributed by atoms with Gasteiger partial charge in [-0.2, -0.15) is 18.4 Å². The van der Waals surface area contributed by atoms with Gasteiger partial charge >= 0.3 is 6.18 Å². The van der Waals surface area contributed by atoms with Crippen LogP contribution in [0, 0.1) is 22.7 Å². The first-order chi connectivity index (χ1) is 9.68. The highest BCUT2D eigenvalue weighted by molar-refractivity contribution is 6.30. The second kappa shape index (κ2) is 5.23. The zero-order valence-electron chi connectivity index (χ0n) is 11.1. The van der Waals surface area contributed by atoms with E-state index < -0.39 is 23.1 Å². The van der Waals surface area contributed by atoms with E-state index in [9.17, 15) is 18.0 Å². The van der Waals surface area contributed by atoms with E-state index in [1.54, 1.807) is 0 Å². The molecular weight excluding hydrogens is 305 g/mol. The van der Waals surface area contributed by atoms with E-state index in [1.807, 2.05) is 13.0 Å². The number of hydrogen-bond acceptors (Lipinski definition) is 2. The zero-order valence-corrected chi connectivity index (χ0v) is 11.8. The maximum absolute atomic E-state index is 12.9. The predicted molar refractivity (Wildman–Crippen MR) is 71.5 cm³/mol. The van der Waals surface area contributed by atoms with Gasteiger partial charge < -0.3 is 5.32 Å². The molecule has 0 atom stereocenters. The number of halogens is 4. The molecule has 1 aliphatic rings. The minimum Gasteiger partial charge on any atom is -0.324 e. The van der Waals surface area contributed by atoms with Crippen molar-refractivity contribution in [1.82, 2.24) is 0 Å². The number of nitrogens with one attached hydrogen (secondary N) is 1. The van der Waals surface area contributed by atoms with Gasteiger partial charge in [0.1, 0.15) is 5.41 Å². The quantitative estimate of drug-likeness (QED) is 0.887. The molecule has 0 aliphatic heterocycles. The number of alkyl halides is 3. The molecule has 1 amide bonds. The lowest BCUT2D eigenvalue weighted by Gasteiger charge is -2.39. The third-order valence-electron chi connectivity index (χ3n) is 3.58. The monoisotopic (exact) mass is 316 g/mol.